The van der Waals surface area contributed by atoms with Crippen molar-refractivity contribution in [2.75, 3.05) is 7.05 Å². The first-order valence-corrected chi connectivity index (χ1v) is 2.48. The maximum absolute atomic E-state index is 3.86. The molecule has 1 heterocycles. The maximum atomic E-state index is 3.86. The monoisotopic (exact) mass is 110 g/mol. The predicted octanol–water partition coefficient (Wildman–Crippen LogP) is -0.0707. The van der Waals surface area contributed by atoms with Gasteiger partial charge >= 0.3 is 0 Å². The highest BCUT2D eigenvalue weighted by Crippen LogP contribution is 1.82. The number of aromatic nitrogens is 2. The number of H-pyrrole nitrogens is 1. The van der Waals surface area contributed by atoms with Crippen LogP contribution in [0.2, 0.25) is 0 Å². The van der Waals surface area contributed by atoms with Crippen LogP contribution < -0.4 is 5.32 Å². The molecular weight excluding hydrogens is 102 g/mol. The first-order chi connectivity index (χ1) is 3.93. The lowest BCUT2D eigenvalue weighted by molar-refractivity contribution is 0.771. The molecule has 0 aliphatic rings. The zero-order chi connectivity index (χ0) is 5.82. The quantitative estimate of drug-likeness (QED) is 0.559. The van der Waals surface area contributed by atoms with Crippen LogP contribution in [0.5, 0.6) is 0 Å². The van der Waals surface area contributed by atoms with Gasteiger partial charge in [0, 0.05) is 6.20 Å². The summed E-state index contributed by atoms with van der Waals surface area (Å²) in [6.45, 7) is 0.781. The zero-order valence-electron chi connectivity index (χ0n) is 4.73. The van der Waals surface area contributed by atoms with Gasteiger partial charge in [0.15, 0.2) is 0 Å². The third-order valence-corrected chi connectivity index (χ3v) is 0.847. The second-order valence-electron chi connectivity index (χ2n) is 1.51. The molecule has 0 bridgehead atoms. The fourth-order valence-corrected chi connectivity index (χ4v) is 0.516. The lowest BCUT2D eigenvalue weighted by atomic mass is 10.6. The molecular formula is C5H8N3. The maximum Gasteiger partial charge on any atom is 0.120 e. The van der Waals surface area contributed by atoms with Gasteiger partial charge in [0.2, 0.25) is 0 Å². The van der Waals surface area contributed by atoms with Crippen LogP contribution >= 0.6 is 0 Å². The molecule has 0 saturated carbocycles. The van der Waals surface area contributed by atoms with Gasteiger partial charge in [-0.3, -0.25) is 0 Å². The van der Waals surface area contributed by atoms with Gasteiger partial charge < -0.3 is 10.3 Å². The van der Waals surface area contributed by atoms with Crippen molar-refractivity contribution in [3.8, 4) is 0 Å². The molecule has 0 fully saturated rings. The van der Waals surface area contributed by atoms with E-state index in [9.17, 15) is 0 Å². The summed E-state index contributed by atoms with van der Waals surface area (Å²) in [5.74, 6) is 0.924. The minimum atomic E-state index is 0.781. The third kappa shape index (κ3) is 1.07. The summed E-state index contributed by atoms with van der Waals surface area (Å²) in [6.07, 6.45) is 4.36. The molecule has 0 unspecified atom stereocenters. The van der Waals surface area contributed by atoms with Crippen LogP contribution in [0.15, 0.2) is 6.20 Å². The zero-order valence-corrected chi connectivity index (χ0v) is 4.73. The van der Waals surface area contributed by atoms with Crippen molar-refractivity contribution in [2.24, 2.45) is 0 Å². The van der Waals surface area contributed by atoms with Gasteiger partial charge in [-0.25, -0.2) is 4.98 Å². The summed E-state index contributed by atoms with van der Waals surface area (Å²) in [5.41, 5.74) is 0. The number of hydrogen-bond acceptors (Lipinski definition) is 2. The molecule has 1 rings (SSSR count). The first kappa shape index (κ1) is 5.31. The largest absolute Gasteiger partial charge is 0.347 e. The highest BCUT2D eigenvalue weighted by atomic mass is 14.9. The lowest BCUT2D eigenvalue weighted by Crippen LogP contribution is -2.06. The Balaban J connectivity index is 2.50. The van der Waals surface area contributed by atoms with Gasteiger partial charge in [0.05, 0.1) is 6.54 Å². The number of imidazole rings is 1. The van der Waals surface area contributed by atoms with E-state index in [2.05, 4.69) is 21.5 Å². The minimum Gasteiger partial charge on any atom is -0.347 e. The van der Waals surface area contributed by atoms with Crippen LogP contribution in [-0.2, 0) is 6.54 Å². The number of nitrogens with one attached hydrogen (secondary N) is 2. The Hall–Kier alpha value is -0.830. The van der Waals surface area contributed by atoms with Crippen molar-refractivity contribution in [1.29, 1.82) is 0 Å². The number of nitrogens with zero attached hydrogens (tertiary/aromatic N) is 1. The lowest BCUT2D eigenvalue weighted by Gasteiger charge is -1.89. The van der Waals surface area contributed by atoms with Crippen molar-refractivity contribution in [2.45, 2.75) is 6.54 Å². The Morgan fingerprint density at radius 2 is 2.88 bits per heavy atom. The van der Waals surface area contributed by atoms with Crippen molar-refractivity contribution < 1.29 is 0 Å². The Kier molecular flexibility index (Phi) is 1.64. The summed E-state index contributed by atoms with van der Waals surface area (Å²) in [7, 11) is 1.88. The topological polar surface area (TPSA) is 40.7 Å². The molecule has 43 valence electrons. The SMILES string of the molecule is CNCc1n[c]c[nH]1. The summed E-state index contributed by atoms with van der Waals surface area (Å²) in [4.78, 5) is 6.77. The van der Waals surface area contributed by atoms with Crippen LogP contribution in [0.1, 0.15) is 5.82 Å². The standard InChI is InChI=1S/C5H8N3/c1-6-4-5-7-2-3-8-5/h2,6H,4H2,1H3,(H,7,8). The Bertz CT molecular complexity index is 133. The third-order valence-electron chi connectivity index (χ3n) is 0.847. The second kappa shape index (κ2) is 2.47. The molecule has 0 aliphatic carbocycles. The normalized spacial score (nSPS) is 9.62. The molecule has 8 heavy (non-hydrogen) atoms. The van der Waals surface area contributed by atoms with Gasteiger partial charge in [-0.15, -0.1) is 0 Å². The fraction of sp³-hybridized carbons (Fsp3) is 0.400. The molecule has 3 heteroatoms. The van der Waals surface area contributed by atoms with Crippen molar-refractivity contribution in [3.05, 3.63) is 18.2 Å². The van der Waals surface area contributed by atoms with Gasteiger partial charge in [-0.1, -0.05) is 0 Å². The van der Waals surface area contributed by atoms with E-state index < -0.39 is 0 Å². The first-order valence-electron chi connectivity index (χ1n) is 2.48. The van der Waals surface area contributed by atoms with E-state index in [0.29, 0.717) is 0 Å². The average Bonchev–Trinajstić information content (AvgIpc) is 2.19. The van der Waals surface area contributed by atoms with Crippen LogP contribution in [0, 0.1) is 6.20 Å². The summed E-state index contributed by atoms with van der Waals surface area (Å²) in [6, 6.07) is 0. The van der Waals surface area contributed by atoms with Gasteiger partial charge in [-0.05, 0) is 7.05 Å². The Morgan fingerprint density at radius 3 is 3.38 bits per heavy atom. The van der Waals surface area contributed by atoms with E-state index in [1.54, 1.807) is 6.20 Å². The van der Waals surface area contributed by atoms with Crippen molar-refractivity contribution in [1.82, 2.24) is 15.3 Å². The predicted molar refractivity (Wildman–Crippen MR) is 30.2 cm³/mol. The van der Waals surface area contributed by atoms with Gasteiger partial charge in [0.25, 0.3) is 0 Å². The Morgan fingerprint density at radius 1 is 2.00 bits per heavy atom. The smallest absolute Gasteiger partial charge is 0.120 e. The van der Waals surface area contributed by atoms with Crippen LogP contribution in [0.4, 0.5) is 0 Å². The van der Waals surface area contributed by atoms with Crippen LogP contribution in [0.25, 0.3) is 0 Å². The van der Waals surface area contributed by atoms with Crippen molar-refractivity contribution in [3.63, 3.8) is 0 Å². The number of rotatable bonds is 2. The average molecular weight is 110 g/mol. The highest BCUT2D eigenvalue weighted by molar-refractivity contribution is 4.83. The van der Waals surface area contributed by atoms with Gasteiger partial charge in [0.1, 0.15) is 12.0 Å². The second-order valence-corrected chi connectivity index (χ2v) is 1.51. The van der Waals surface area contributed by atoms with E-state index >= 15 is 0 Å². The van der Waals surface area contributed by atoms with E-state index in [1.807, 2.05) is 7.05 Å². The number of hydrogen-bond donors (Lipinski definition) is 2. The van der Waals surface area contributed by atoms with E-state index in [0.717, 1.165) is 12.4 Å². The molecule has 3 nitrogen and oxygen atoms in total. The molecule has 0 atom stereocenters. The molecule has 1 aromatic rings. The summed E-state index contributed by atoms with van der Waals surface area (Å²) in [5, 5.41) is 2.96. The van der Waals surface area contributed by atoms with E-state index in [1.165, 1.54) is 0 Å². The molecule has 0 aromatic carbocycles. The molecule has 0 aliphatic heterocycles. The van der Waals surface area contributed by atoms with Crippen molar-refractivity contribution >= 4 is 0 Å². The van der Waals surface area contributed by atoms with E-state index in [4.69, 9.17) is 0 Å². The van der Waals surface area contributed by atoms with Crippen LogP contribution in [0.3, 0.4) is 0 Å². The van der Waals surface area contributed by atoms with E-state index in [-0.39, 0.29) is 0 Å². The molecule has 2 N–H and O–H groups in total. The minimum absolute atomic E-state index is 0.781. The number of aromatic amines is 1. The molecule has 0 saturated heterocycles. The molecule has 0 amide bonds. The summed E-state index contributed by atoms with van der Waals surface area (Å²) >= 11 is 0. The summed E-state index contributed by atoms with van der Waals surface area (Å²) < 4.78 is 0. The fourth-order valence-electron chi connectivity index (χ4n) is 0.516. The Labute approximate surface area is 48.1 Å². The molecule has 1 radical (unpaired) electrons. The van der Waals surface area contributed by atoms with Gasteiger partial charge in [-0.2, -0.15) is 0 Å². The molecule has 0 spiro atoms. The highest BCUT2D eigenvalue weighted by Gasteiger charge is 1.87. The molecule has 1 aromatic heterocycles. The van der Waals surface area contributed by atoms with Crippen LogP contribution in [-0.4, -0.2) is 17.0 Å².